The van der Waals surface area contributed by atoms with Crippen molar-refractivity contribution in [2.45, 2.75) is 19.9 Å². The summed E-state index contributed by atoms with van der Waals surface area (Å²) in [5, 5.41) is 8.07. The Labute approximate surface area is 103 Å². The highest BCUT2D eigenvalue weighted by atomic mass is 79.9. The number of rotatable bonds is 3. The molecule has 0 unspecified atom stereocenters. The molecule has 84 valence electrons. The van der Waals surface area contributed by atoms with Gasteiger partial charge in [-0.15, -0.1) is 10.2 Å². The van der Waals surface area contributed by atoms with Crippen LogP contribution < -0.4 is 5.73 Å². The van der Waals surface area contributed by atoms with Crippen molar-refractivity contribution in [1.29, 1.82) is 0 Å². The van der Waals surface area contributed by atoms with E-state index in [0.29, 0.717) is 0 Å². The number of aromatic nitrogens is 3. The van der Waals surface area contributed by atoms with Crippen LogP contribution >= 0.6 is 15.9 Å². The van der Waals surface area contributed by atoms with Gasteiger partial charge >= 0.3 is 0 Å². The van der Waals surface area contributed by atoms with Gasteiger partial charge in [0, 0.05) is 22.3 Å². The van der Waals surface area contributed by atoms with Crippen molar-refractivity contribution < 1.29 is 0 Å². The number of anilines is 1. The van der Waals surface area contributed by atoms with Crippen molar-refractivity contribution in [2.75, 3.05) is 5.73 Å². The maximum absolute atomic E-state index is 5.78. The largest absolute Gasteiger partial charge is 0.399 e. The first-order valence-corrected chi connectivity index (χ1v) is 5.95. The minimum atomic E-state index is 0.726. The first-order valence-electron chi connectivity index (χ1n) is 5.15. The second kappa shape index (κ2) is 4.65. The zero-order valence-electron chi connectivity index (χ0n) is 9.02. The Morgan fingerprint density at radius 3 is 3.00 bits per heavy atom. The third kappa shape index (κ3) is 2.09. The third-order valence-corrected chi connectivity index (χ3v) is 3.00. The molecule has 0 fully saturated rings. The summed E-state index contributed by atoms with van der Waals surface area (Å²) in [7, 11) is 0. The minimum Gasteiger partial charge on any atom is -0.399 e. The summed E-state index contributed by atoms with van der Waals surface area (Å²) < 4.78 is 3.01. The van der Waals surface area contributed by atoms with Gasteiger partial charge in [0.05, 0.1) is 0 Å². The zero-order chi connectivity index (χ0) is 11.5. The maximum atomic E-state index is 5.78. The molecule has 1 heterocycles. The first kappa shape index (κ1) is 11.1. The van der Waals surface area contributed by atoms with Gasteiger partial charge in [-0.2, -0.15) is 0 Å². The molecule has 0 spiro atoms. The fraction of sp³-hybridized carbons (Fsp3) is 0.273. The molecule has 2 aromatic rings. The van der Waals surface area contributed by atoms with Gasteiger partial charge in [-0.25, -0.2) is 0 Å². The molecule has 2 N–H and O–H groups in total. The molecule has 0 aliphatic heterocycles. The monoisotopic (exact) mass is 280 g/mol. The standard InChI is InChI=1S/C11H13BrN4/c1-2-5-16-7-14-15-11(16)9-6-8(13)3-4-10(9)12/h3-4,6-7H,2,5,13H2,1H3. The smallest absolute Gasteiger partial charge is 0.164 e. The minimum absolute atomic E-state index is 0.726. The van der Waals surface area contributed by atoms with Crippen LogP contribution in [0, 0.1) is 0 Å². The van der Waals surface area contributed by atoms with Crippen molar-refractivity contribution >= 4 is 21.6 Å². The van der Waals surface area contributed by atoms with Crippen molar-refractivity contribution in [3.63, 3.8) is 0 Å². The number of hydrogen-bond donors (Lipinski definition) is 1. The summed E-state index contributed by atoms with van der Waals surface area (Å²) in [6.45, 7) is 3.03. The highest BCUT2D eigenvalue weighted by molar-refractivity contribution is 9.10. The average molecular weight is 281 g/mol. The normalized spacial score (nSPS) is 10.6. The summed E-state index contributed by atoms with van der Waals surface area (Å²) in [4.78, 5) is 0. The van der Waals surface area contributed by atoms with Gasteiger partial charge in [-0.1, -0.05) is 22.9 Å². The summed E-state index contributed by atoms with van der Waals surface area (Å²) >= 11 is 3.50. The molecule has 1 aromatic heterocycles. The van der Waals surface area contributed by atoms with E-state index < -0.39 is 0 Å². The van der Waals surface area contributed by atoms with Crippen LogP contribution in [-0.2, 0) is 6.54 Å². The van der Waals surface area contributed by atoms with Crippen LogP contribution in [0.3, 0.4) is 0 Å². The number of halogens is 1. The molecule has 2 rings (SSSR count). The second-order valence-electron chi connectivity index (χ2n) is 3.59. The Kier molecular flexibility index (Phi) is 3.24. The van der Waals surface area contributed by atoms with Gasteiger partial charge in [-0.05, 0) is 24.6 Å². The predicted molar refractivity (Wildman–Crippen MR) is 67.9 cm³/mol. The summed E-state index contributed by atoms with van der Waals surface area (Å²) in [6.07, 6.45) is 2.79. The van der Waals surface area contributed by atoms with Gasteiger partial charge in [0.2, 0.25) is 0 Å². The van der Waals surface area contributed by atoms with E-state index in [4.69, 9.17) is 5.73 Å². The van der Waals surface area contributed by atoms with E-state index in [1.165, 1.54) is 0 Å². The van der Waals surface area contributed by atoms with Crippen LogP contribution in [0.4, 0.5) is 5.69 Å². The maximum Gasteiger partial charge on any atom is 0.164 e. The molecule has 0 atom stereocenters. The highest BCUT2D eigenvalue weighted by Crippen LogP contribution is 2.28. The molecular formula is C11H13BrN4. The fourth-order valence-electron chi connectivity index (χ4n) is 1.58. The SMILES string of the molecule is CCCn1cnnc1-c1cc(N)ccc1Br. The first-order chi connectivity index (χ1) is 7.72. The van der Waals surface area contributed by atoms with Crippen LogP contribution in [0.1, 0.15) is 13.3 Å². The number of hydrogen-bond acceptors (Lipinski definition) is 3. The number of benzene rings is 1. The molecule has 1 aromatic carbocycles. The number of nitrogens with two attached hydrogens (primary N) is 1. The van der Waals surface area contributed by atoms with E-state index >= 15 is 0 Å². The average Bonchev–Trinajstić information content (AvgIpc) is 2.70. The van der Waals surface area contributed by atoms with E-state index in [1.807, 2.05) is 22.8 Å². The van der Waals surface area contributed by atoms with Crippen LogP contribution in [0.15, 0.2) is 29.0 Å². The summed E-state index contributed by atoms with van der Waals surface area (Å²) in [5.41, 5.74) is 7.48. The molecule has 16 heavy (non-hydrogen) atoms. The quantitative estimate of drug-likeness (QED) is 0.880. The van der Waals surface area contributed by atoms with Crippen molar-refractivity contribution in [3.8, 4) is 11.4 Å². The van der Waals surface area contributed by atoms with Crippen molar-refractivity contribution in [2.24, 2.45) is 0 Å². The van der Waals surface area contributed by atoms with Gasteiger partial charge in [0.25, 0.3) is 0 Å². The molecule has 0 amide bonds. The van der Waals surface area contributed by atoms with Gasteiger partial charge in [-0.3, -0.25) is 0 Å². The molecule has 0 saturated carbocycles. The van der Waals surface area contributed by atoms with E-state index in [0.717, 1.165) is 34.5 Å². The molecule has 0 aliphatic rings. The van der Waals surface area contributed by atoms with Crippen LogP contribution in [-0.4, -0.2) is 14.8 Å². The van der Waals surface area contributed by atoms with Gasteiger partial charge in [0.15, 0.2) is 5.82 Å². The van der Waals surface area contributed by atoms with Crippen LogP contribution in [0.25, 0.3) is 11.4 Å². The van der Waals surface area contributed by atoms with Crippen LogP contribution in [0.5, 0.6) is 0 Å². The van der Waals surface area contributed by atoms with Crippen LogP contribution in [0.2, 0.25) is 0 Å². The number of aryl methyl sites for hydroxylation is 1. The summed E-state index contributed by atoms with van der Waals surface area (Å²) in [5.74, 6) is 0.848. The topological polar surface area (TPSA) is 56.7 Å². The lowest BCUT2D eigenvalue weighted by Crippen LogP contribution is -1.99. The highest BCUT2D eigenvalue weighted by Gasteiger charge is 2.10. The second-order valence-corrected chi connectivity index (χ2v) is 4.44. The Bertz CT molecular complexity index is 492. The molecular weight excluding hydrogens is 268 g/mol. The lowest BCUT2D eigenvalue weighted by Gasteiger charge is -2.07. The van der Waals surface area contributed by atoms with Crippen molar-refractivity contribution in [3.05, 3.63) is 29.0 Å². The van der Waals surface area contributed by atoms with E-state index in [1.54, 1.807) is 6.33 Å². The van der Waals surface area contributed by atoms with Gasteiger partial charge in [0.1, 0.15) is 6.33 Å². The van der Waals surface area contributed by atoms with Gasteiger partial charge < -0.3 is 10.3 Å². The predicted octanol–water partition coefficient (Wildman–Crippen LogP) is 2.70. The number of nitrogen functional groups attached to an aromatic ring is 1. The summed E-state index contributed by atoms with van der Waals surface area (Å²) in [6, 6.07) is 5.68. The Morgan fingerprint density at radius 1 is 1.44 bits per heavy atom. The zero-order valence-corrected chi connectivity index (χ0v) is 10.6. The molecule has 4 nitrogen and oxygen atoms in total. The van der Waals surface area contributed by atoms with E-state index in [2.05, 4.69) is 33.1 Å². The molecule has 0 saturated heterocycles. The molecule has 5 heteroatoms. The molecule has 0 aliphatic carbocycles. The Morgan fingerprint density at radius 2 is 2.25 bits per heavy atom. The van der Waals surface area contributed by atoms with Crippen molar-refractivity contribution in [1.82, 2.24) is 14.8 Å². The fourth-order valence-corrected chi connectivity index (χ4v) is 2.01. The van der Waals surface area contributed by atoms with E-state index in [9.17, 15) is 0 Å². The Hall–Kier alpha value is -1.36. The number of nitrogens with zero attached hydrogens (tertiary/aromatic N) is 3. The molecule has 0 bridgehead atoms. The van der Waals surface area contributed by atoms with E-state index in [-0.39, 0.29) is 0 Å². The Balaban J connectivity index is 2.49. The lowest BCUT2D eigenvalue weighted by atomic mass is 10.2. The third-order valence-electron chi connectivity index (χ3n) is 2.31. The molecule has 0 radical (unpaired) electrons. The lowest BCUT2D eigenvalue weighted by molar-refractivity contribution is 0.682.